The third-order valence-corrected chi connectivity index (χ3v) is 4.88. The molecule has 1 amide bonds. The molecule has 0 saturated carbocycles. The Morgan fingerprint density at radius 3 is 2.54 bits per heavy atom. The zero-order chi connectivity index (χ0) is 20.5. The first-order valence-electron chi connectivity index (χ1n) is 9.42. The summed E-state index contributed by atoms with van der Waals surface area (Å²) in [4.78, 5) is 19.1. The number of ether oxygens (including phenoxy) is 2. The molecule has 1 aromatic heterocycles. The van der Waals surface area contributed by atoms with Crippen LogP contribution in [0.4, 0.5) is 4.79 Å². The lowest BCUT2D eigenvalue weighted by Gasteiger charge is -2.39. The van der Waals surface area contributed by atoms with E-state index < -0.39 is 11.7 Å². The summed E-state index contributed by atoms with van der Waals surface area (Å²) in [5.41, 5.74) is 1.32. The van der Waals surface area contributed by atoms with Gasteiger partial charge in [0.05, 0.1) is 24.9 Å². The fourth-order valence-corrected chi connectivity index (χ4v) is 3.21. The van der Waals surface area contributed by atoms with Crippen LogP contribution in [0.15, 0.2) is 28.7 Å². The molecular formula is C21H27ClN2O4. The first-order valence-corrected chi connectivity index (χ1v) is 9.80. The number of carbonyl (C=O) groups excluding carboxylic acids is 1. The number of hydrogen-bond donors (Lipinski definition) is 0. The summed E-state index contributed by atoms with van der Waals surface area (Å²) >= 11 is 5.98. The van der Waals surface area contributed by atoms with Crippen molar-refractivity contribution in [1.82, 2.24) is 9.88 Å². The lowest BCUT2D eigenvalue weighted by molar-refractivity contribution is -0.0791. The first kappa shape index (κ1) is 20.7. The van der Waals surface area contributed by atoms with Gasteiger partial charge < -0.3 is 13.9 Å². The Hall–Kier alpha value is -2.05. The van der Waals surface area contributed by atoms with Gasteiger partial charge in [-0.3, -0.25) is 4.90 Å². The SMILES string of the molecule is Cc1nc(C2CN(C(=O)OC(C)(C)C)C(Cc3ccc(Cl)cc3)CO2)oc1C. The highest BCUT2D eigenvalue weighted by molar-refractivity contribution is 6.30. The predicted octanol–water partition coefficient (Wildman–Crippen LogP) is 4.86. The lowest BCUT2D eigenvalue weighted by Crippen LogP contribution is -2.52. The zero-order valence-corrected chi connectivity index (χ0v) is 17.7. The van der Waals surface area contributed by atoms with Crippen molar-refractivity contribution in [3.63, 3.8) is 0 Å². The molecule has 1 aliphatic rings. The summed E-state index contributed by atoms with van der Waals surface area (Å²) in [5, 5.41) is 0.683. The van der Waals surface area contributed by atoms with E-state index in [2.05, 4.69) is 4.98 Å². The van der Waals surface area contributed by atoms with Crippen LogP contribution in [0.5, 0.6) is 0 Å². The molecule has 1 aromatic carbocycles. The van der Waals surface area contributed by atoms with Gasteiger partial charge in [-0.2, -0.15) is 0 Å². The van der Waals surface area contributed by atoms with Gasteiger partial charge in [-0.1, -0.05) is 23.7 Å². The van der Waals surface area contributed by atoms with Gasteiger partial charge in [0.2, 0.25) is 5.89 Å². The summed E-state index contributed by atoms with van der Waals surface area (Å²) in [5.74, 6) is 1.25. The van der Waals surface area contributed by atoms with Crippen LogP contribution in [0.2, 0.25) is 5.02 Å². The second-order valence-corrected chi connectivity index (χ2v) is 8.57. The molecule has 0 aliphatic carbocycles. The van der Waals surface area contributed by atoms with E-state index in [0.29, 0.717) is 30.5 Å². The molecule has 7 heteroatoms. The molecule has 1 aliphatic heterocycles. The third kappa shape index (κ3) is 5.06. The van der Waals surface area contributed by atoms with Crippen LogP contribution >= 0.6 is 11.6 Å². The average molecular weight is 407 g/mol. The van der Waals surface area contributed by atoms with Gasteiger partial charge in [0, 0.05) is 5.02 Å². The normalized spacial score (nSPS) is 20.3. The van der Waals surface area contributed by atoms with Crippen molar-refractivity contribution in [2.75, 3.05) is 13.2 Å². The molecule has 2 unspecified atom stereocenters. The summed E-state index contributed by atoms with van der Waals surface area (Å²) in [6, 6.07) is 7.47. The molecular weight excluding hydrogens is 380 g/mol. The number of aryl methyl sites for hydroxylation is 2. The van der Waals surface area contributed by atoms with Crippen molar-refractivity contribution < 1.29 is 18.7 Å². The van der Waals surface area contributed by atoms with Gasteiger partial charge in [0.15, 0.2) is 6.10 Å². The van der Waals surface area contributed by atoms with Crippen LogP contribution in [0.25, 0.3) is 0 Å². The molecule has 152 valence electrons. The Morgan fingerprint density at radius 1 is 1.29 bits per heavy atom. The summed E-state index contributed by atoms with van der Waals surface area (Å²) < 4.78 is 17.4. The van der Waals surface area contributed by atoms with E-state index in [0.717, 1.165) is 17.0 Å². The Bertz CT molecular complexity index is 806. The van der Waals surface area contributed by atoms with Crippen LogP contribution in [0, 0.1) is 13.8 Å². The fraction of sp³-hybridized carbons (Fsp3) is 0.524. The Labute approximate surface area is 170 Å². The fourth-order valence-electron chi connectivity index (χ4n) is 3.09. The third-order valence-electron chi connectivity index (χ3n) is 4.63. The van der Waals surface area contributed by atoms with Crippen molar-refractivity contribution in [3.8, 4) is 0 Å². The van der Waals surface area contributed by atoms with Gasteiger partial charge in [-0.05, 0) is 58.7 Å². The van der Waals surface area contributed by atoms with E-state index in [4.69, 9.17) is 25.5 Å². The molecule has 1 fully saturated rings. The van der Waals surface area contributed by atoms with E-state index in [1.165, 1.54) is 0 Å². The molecule has 2 atom stereocenters. The van der Waals surface area contributed by atoms with Crippen LogP contribution in [-0.2, 0) is 15.9 Å². The van der Waals surface area contributed by atoms with E-state index in [1.54, 1.807) is 4.90 Å². The van der Waals surface area contributed by atoms with E-state index in [-0.39, 0.29) is 12.1 Å². The van der Waals surface area contributed by atoms with Crippen molar-refractivity contribution in [1.29, 1.82) is 0 Å². The molecule has 2 aromatic rings. The van der Waals surface area contributed by atoms with Crippen LogP contribution < -0.4 is 0 Å². The molecule has 0 bridgehead atoms. The number of rotatable bonds is 3. The molecule has 0 radical (unpaired) electrons. The number of halogens is 1. The molecule has 2 heterocycles. The van der Waals surface area contributed by atoms with Crippen LogP contribution in [0.1, 0.15) is 49.8 Å². The molecule has 6 nitrogen and oxygen atoms in total. The Kier molecular flexibility index (Phi) is 6.01. The van der Waals surface area contributed by atoms with Crippen molar-refractivity contribution in [2.45, 2.75) is 58.8 Å². The highest BCUT2D eigenvalue weighted by Crippen LogP contribution is 2.28. The quantitative estimate of drug-likeness (QED) is 0.727. The molecule has 0 spiro atoms. The number of amides is 1. The number of morpholine rings is 1. The van der Waals surface area contributed by atoms with E-state index in [9.17, 15) is 4.79 Å². The number of hydrogen-bond acceptors (Lipinski definition) is 5. The van der Waals surface area contributed by atoms with Crippen molar-refractivity contribution in [3.05, 3.63) is 52.2 Å². The number of carbonyl (C=O) groups is 1. The highest BCUT2D eigenvalue weighted by Gasteiger charge is 2.37. The van der Waals surface area contributed by atoms with Gasteiger partial charge in [-0.15, -0.1) is 0 Å². The monoisotopic (exact) mass is 406 g/mol. The maximum absolute atomic E-state index is 12.9. The van der Waals surface area contributed by atoms with E-state index >= 15 is 0 Å². The maximum atomic E-state index is 12.9. The minimum Gasteiger partial charge on any atom is -0.444 e. The highest BCUT2D eigenvalue weighted by atomic mass is 35.5. The smallest absolute Gasteiger partial charge is 0.410 e. The topological polar surface area (TPSA) is 64.8 Å². The average Bonchev–Trinajstić information content (AvgIpc) is 2.94. The molecule has 3 rings (SSSR count). The van der Waals surface area contributed by atoms with Crippen LogP contribution in [-0.4, -0.2) is 40.8 Å². The van der Waals surface area contributed by atoms with Crippen molar-refractivity contribution >= 4 is 17.7 Å². The molecule has 0 N–H and O–H groups in total. The van der Waals surface area contributed by atoms with Crippen LogP contribution in [0.3, 0.4) is 0 Å². The lowest BCUT2D eigenvalue weighted by atomic mass is 10.0. The number of nitrogens with zero attached hydrogens (tertiary/aromatic N) is 2. The van der Waals surface area contributed by atoms with Gasteiger partial charge in [0.1, 0.15) is 11.4 Å². The second-order valence-electron chi connectivity index (χ2n) is 8.13. The number of benzene rings is 1. The summed E-state index contributed by atoms with van der Waals surface area (Å²) in [7, 11) is 0. The number of oxazole rings is 1. The van der Waals surface area contributed by atoms with Gasteiger partial charge in [0.25, 0.3) is 0 Å². The van der Waals surface area contributed by atoms with Gasteiger partial charge >= 0.3 is 6.09 Å². The first-order chi connectivity index (χ1) is 13.1. The van der Waals surface area contributed by atoms with Crippen molar-refractivity contribution in [2.24, 2.45) is 0 Å². The molecule has 1 saturated heterocycles. The standard InChI is InChI=1S/C21H27ClN2O4/c1-13-14(2)27-19(23-13)18-11-24(20(25)28-21(3,4)5)17(12-26-18)10-15-6-8-16(22)9-7-15/h6-9,17-18H,10-12H2,1-5H3. The Balaban J connectivity index is 1.80. The number of aromatic nitrogens is 1. The summed E-state index contributed by atoms with van der Waals surface area (Å²) in [6.45, 7) is 10.0. The maximum Gasteiger partial charge on any atom is 0.410 e. The zero-order valence-electron chi connectivity index (χ0n) is 17.0. The van der Waals surface area contributed by atoms with Gasteiger partial charge in [-0.25, -0.2) is 9.78 Å². The van der Waals surface area contributed by atoms with E-state index in [1.807, 2.05) is 58.9 Å². The molecule has 28 heavy (non-hydrogen) atoms. The minimum atomic E-state index is -0.578. The Morgan fingerprint density at radius 2 is 1.96 bits per heavy atom. The largest absolute Gasteiger partial charge is 0.444 e. The predicted molar refractivity (Wildman–Crippen MR) is 107 cm³/mol. The minimum absolute atomic E-state index is 0.149. The summed E-state index contributed by atoms with van der Waals surface area (Å²) in [6.07, 6.45) is -0.131. The second kappa shape index (κ2) is 8.13.